The Labute approximate surface area is 204 Å². The quantitative estimate of drug-likeness (QED) is 0.467. The number of fused-ring (bicyclic) bond motifs is 2. The number of carbonyl (C=O) groups is 1. The lowest BCUT2D eigenvalue weighted by molar-refractivity contribution is -0.188. The highest BCUT2D eigenvalue weighted by molar-refractivity contribution is 6.34. The summed E-state index contributed by atoms with van der Waals surface area (Å²) in [6.07, 6.45) is -5.06. The molecule has 1 amide bonds. The summed E-state index contributed by atoms with van der Waals surface area (Å²) in [7, 11) is 0. The predicted molar refractivity (Wildman–Crippen MR) is 121 cm³/mol. The number of nitrogens with zero attached hydrogens (tertiary/aromatic N) is 3. The summed E-state index contributed by atoms with van der Waals surface area (Å²) in [6.45, 7) is 5.01. The molecule has 0 N–H and O–H groups in total. The fourth-order valence-corrected chi connectivity index (χ4v) is 5.58. The first-order chi connectivity index (χ1) is 15.9. The van der Waals surface area contributed by atoms with Crippen LogP contribution >= 0.6 is 23.2 Å². The van der Waals surface area contributed by atoms with Crippen molar-refractivity contribution in [2.24, 2.45) is 16.1 Å². The Balaban J connectivity index is 1.41. The van der Waals surface area contributed by atoms with Gasteiger partial charge < -0.3 is 9.64 Å². The smallest absolute Gasteiger partial charge is 0.362 e. The molecule has 5 rings (SSSR count). The zero-order valence-electron chi connectivity index (χ0n) is 18.5. The number of hydrogen-bond acceptors (Lipinski definition) is 4. The topological polar surface area (TPSA) is 54.3 Å². The summed E-state index contributed by atoms with van der Waals surface area (Å²) >= 11 is 12.0. The molecule has 0 bridgehead atoms. The van der Waals surface area contributed by atoms with Crippen molar-refractivity contribution in [2.45, 2.75) is 50.2 Å². The maximum absolute atomic E-state index is 14.3. The van der Waals surface area contributed by atoms with Crippen molar-refractivity contribution in [3.8, 4) is 0 Å². The summed E-state index contributed by atoms with van der Waals surface area (Å²) in [5, 5.41) is 8.00. The van der Waals surface area contributed by atoms with Crippen molar-refractivity contribution in [3.63, 3.8) is 0 Å². The molecule has 180 valence electrons. The third-order valence-electron chi connectivity index (χ3n) is 6.87. The molecule has 0 aromatic heterocycles. The Morgan fingerprint density at radius 1 is 1.15 bits per heavy atom. The van der Waals surface area contributed by atoms with E-state index < -0.39 is 23.4 Å². The van der Waals surface area contributed by atoms with Gasteiger partial charge in [-0.2, -0.15) is 23.4 Å². The highest BCUT2D eigenvalue weighted by atomic mass is 35.5. The van der Waals surface area contributed by atoms with Crippen molar-refractivity contribution >= 4 is 29.1 Å². The van der Waals surface area contributed by atoms with E-state index in [1.54, 1.807) is 11.0 Å². The van der Waals surface area contributed by atoms with Gasteiger partial charge in [0, 0.05) is 22.4 Å². The largest absolute Gasteiger partial charge is 0.419 e. The van der Waals surface area contributed by atoms with Crippen LogP contribution < -0.4 is 0 Å². The van der Waals surface area contributed by atoms with Crippen LogP contribution in [0.5, 0.6) is 0 Å². The zero-order valence-corrected chi connectivity index (χ0v) is 20.0. The van der Waals surface area contributed by atoms with E-state index in [2.05, 4.69) is 10.2 Å². The summed E-state index contributed by atoms with van der Waals surface area (Å²) in [5.41, 5.74) is -0.673. The molecule has 2 aromatic rings. The zero-order chi connectivity index (χ0) is 24.5. The first-order valence-electron chi connectivity index (χ1n) is 11.0. The molecule has 2 unspecified atom stereocenters. The lowest BCUT2D eigenvalue weighted by Gasteiger charge is -2.48. The molecule has 1 fully saturated rings. The van der Waals surface area contributed by atoms with Gasteiger partial charge in [-0.05, 0) is 40.5 Å². The number of alkyl halides is 3. The lowest BCUT2D eigenvalue weighted by Crippen LogP contribution is -2.61. The van der Waals surface area contributed by atoms with E-state index in [0.717, 1.165) is 11.1 Å². The summed E-state index contributed by atoms with van der Waals surface area (Å²) in [6, 6.07) is 8.59. The number of carbonyl (C=O) groups excluding carboxylic acids is 1. The normalized spacial score (nSPS) is 25.2. The van der Waals surface area contributed by atoms with E-state index in [4.69, 9.17) is 27.9 Å². The highest BCUT2D eigenvalue weighted by Gasteiger charge is 2.60. The lowest BCUT2D eigenvalue weighted by atomic mass is 9.81. The van der Waals surface area contributed by atoms with Crippen LogP contribution in [0.25, 0.3) is 0 Å². The molecule has 0 aliphatic carbocycles. The van der Waals surface area contributed by atoms with E-state index in [9.17, 15) is 18.0 Å². The molecular formula is C24H22Cl2F3N3O2. The van der Waals surface area contributed by atoms with Crippen molar-refractivity contribution in [2.75, 3.05) is 13.1 Å². The van der Waals surface area contributed by atoms with Crippen LogP contribution in [-0.2, 0) is 27.3 Å². The SMILES string of the molecule is CC(C)C(=O)N1CC2(C1)OCc1cc(C3CC(c4cc(Cl)cc(Cl)c4)(C(F)(F)F)N=N3)ccc12. The van der Waals surface area contributed by atoms with Gasteiger partial charge in [-0.25, -0.2) is 0 Å². The van der Waals surface area contributed by atoms with Gasteiger partial charge in [-0.1, -0.05) is 55.2 Å². The molecule has 3 heterocycles. The second kappa shape index (κ2) is 7.93. The Kier molecular flexibility index (Phi) is 5.50. The van der Waals surface area contributed by atoms with Crippen LogP contribution in [0.1, 0.15) is 48.6 Å². The van der Waals surface area contributed by atoms with E-state index in [1.165, 1.54) is 18.2 Å². The molecule has 1 saturated heterocycles. The van der Waals surface area contributed by atoms with Crippen molar-refractivity contribution in [3.05, 3.63) is 68.7 Å². The molecular weight excluding hydrogens is 490 g/mol. The fraction of sp³-hybridized carbons (Fsp3) is 0.458. The highest BCUT2D eigenvalue weighted by Crippen LogP contribution is 2.54. The number of amides is 1. The van der Waals surface area contributed by atoms with Crippen LogP contribution in [0, 0.1) is 5.92 Å². The van der Waals surface area contributed by atoms with Gasteiger partial charge >= 0.3 is 6.18 Å². The van der Waals surface area contributed by atoms with Gasteiger partial charge in [0.25, 0.3) is 0 Å². The summed E-state index contributed by atoms with van der Waals surface area (Å²) in [5.74, 6) is -0.00752. The average Bonchev–Trinajstić information content (AvgIpc) is 3.34. The number of rotatable bonds is 3. The molecule has 2 aromatic carbocycles. The molecule has 0 saturated carbocycles. The second-order valence-electron chi connectivity index (χ2n) is 9.50. The van der Waals surface area contributed by atoms with Crippen LogP contribution in [0.2, 0.25) is 10.0 Å². The van der Waals surface area contributed by atoms with E-state index in [1.807, 2.05) is 26.0 Å². The molecule has 3 aliphatic rings. The Bertz CT molecular complexity index is 1170. The van der Waals surface area contributed by atoms with Crippen molar-refractivity contribution in [1.29, 1.82) is 0 Å². The van der Waals surface area contributed by atoms with E-state index in [0.29, 0.717) is 25.3 Å². The maximum atomic E-state index is 14.3. The maximum Gasteiger partial charge on any atom is 0.419 e. The van der Waals surface area contributed by atoms with Crippen LogP contribution in [0.4, 0.5) is 13.2 Å². The predicted octanol–water partition coefficient (Wildman–Crippen LogP) is 6.57. The van der Waals surface area contributed by atoms with Gasteiger partial charge in [0.1, 0.15) is 5.60 Å². The minimum absolute atomic E-state index is 0.0790. The number of azo groups is 1. The number of hydrogen-bond donors (Lipinski definition) is 0. The standard InChI is InChI=1S/C24H22Cl2F3N3O2/c1-13(2)21(33)32-11-22(12-32)19-4-3-14(5-15(19)10-34-22)20-9-23(31-30-20,24(27,28)29)16-6-17(25)8-18(26)7-16/h3-8,13,20H,9-12H2,1-2H3. The molecule has 5 nitrogen and oxygen atoms in total. The van der Waals surface area contributed by atoms with Crippen LogP contribution in [0.15, 0.2) is 46.6 Å². The molecule has 0 radical (unpaired) electrons. The van der Waals surface area contributed by atoms with Crippen molar-refractivity contribution < 1.29 is 22.7 Å². The Morgan fingerprint density at radius 3 is 2.44 bits per heavy atom. The Morgan fingerprint density at radius 2 is 1.82 bits per heavy atom. The third-order valence-corrected chi connectivity index (χ3v) is 7.31. The van der Waals surface area contributed by atoms with Crippen LogP contribution in [-0.4, -0.2) is 30.1 Å². The monoisotopic (exact) mass is 511 g/mol. The van der Waals surface area contributed by atoms with Crippen LogP contribution in [0.3, 0.4) is 0 Å². The van der Waals surface area contributed by atoms with Gasteiger partial charge in [0.15, 0.2) is 0 Å². The third kappa shape index (κ3) is 3.62. The summed E-state index contributed by atoms with van der Waals surface area (Å²) < 4.78 is 48.9. The van der Waals surface area contributed by atoms with Gasteiger partial charge in [-0.3, -0.25) is 4.79 Å². The van der Waals surface area contributed by atoms with Crippen molar-refractivity contribution in [1.82, 2.24) is 4.90 Å². The number of benzene rings is 2. The first kappa shape index (κ1) is 23.6. The second-order valence-corrected chi connectivity index (χ2v) is 10.4. The number of halogens is 5. The van der Waals surface area contributed by atoms with E-state index >= 15 is 0 Å². The fourth-order valence-electron chi connectivity index (χ4n) is 5.05. The first-order valence-corrected chi connectivity index (χ1v) is 11.7. The molecule has 10 heteroatoms. The minimum atomic E-state index is -4.68. The van der Waals surface area contributed by atoms with Gasteiger partial charge in [0.05, 0.1) is 25.7 Å². The molecule has 3 aliphatic heterocycles. The molecule has 1 spiro atoms. The average molecular weight is 512 g/mol. The minimum Gasteiger partial charge on any atom is -0.362 e. The number of ether oxygens (including phenoxy) is 1. The summed E-state index contributed by atoms with van der Waals surface area (Å²) in [4.78, 5) is 14.0. The number of likely N-dealkylation sites (tertiary alicyclic amines) is 1. The Hall–Kier alpha value is -2.16. The molecule has 34 heavy (non-hydrogen) atoms. The molecule has 2 atom stereocenters. The van der Waals surface area contributed by atoms with Gasteiger partial charge in [-0.15, -0.1) is 0 Å². The van der Waals surface area contributed by atoms with Gasteiger partial charge in [0.2, 0.25) is 11.4 Å². The van der Waals surface area contributed by atoms with E-state index in [-0.39, 0.29) is 33.9 Å².